The van der Waals surface area contributed by atoms with E-state index in [0.29, 0.717) is 18.4 Å². The fraction of sp³-hybridized carbons (Fsp3) is 0.667. The molecule has 0 aliphatic carbocycles. The first-order chi connectivity index (χ1) is 10.6. The van der Waals surface area contributed by atoms with Crippen LogP contribution < -0.4 is 5.32 Å². The molecule has 0 aromatic heterocycles. The Morgan fingerprint density at radius 1 is 1.23 bits per heavy atom. The number of unbranched alkanes of at least 4 members (excludes halogenated alkanes) is 1. The molecule has 2 rings (SSSR count). The first-order valence-corrected chi connectivity index (χ1v) is 8.46. The van der Waals surface area contributed by atoms with Crippen LogP contribution >= 0.6 is 0 Å². The summed E-state index contributed by atoms with van der Waals surface area (Å²) >= 11 is 0. The van der Waals surface area contributed by atoms with Crippen molar-refractivity contribution >= 4 is 0 Å². The Labute approximate surface area is 134 Å². The third-order valence-corrected chi connectivity index (χ3v) is 4.77. The average molecular weight is 306 g/mol. The number of hydrogen-bond acceptors (Lipinski definition) is 4. The summed E-state index contributed by atoms with van der Waals surface area (Å²) < 4.78 is 0. The fourth-order valence-electron chi connectivity index (χ4n) is 3.19. The van der Waals surface area contributed by atoms with Crippen molar-refractivity contribution in [3.05, 3.63) is 28.8 Å². The van der Waals surface area contributed by atoms with Crippen LogP contribution in [0, 0.1) is 13.8 Å². The van der Waals surface area contributed by atoms with E-state index in [1.807, 2.05) is 13.0 Å². The van der Waals surface area contributed by atoms with Crippen molar-refractivity contribution < 1.29 is 10.2 Å². The number of nitrogens with zero attached hydrogens (tertiary/aromatic N) is 1. The maximum atomic E-state index is 9.95. The number of phenolic OH excluding ortho intramolecular Hbond substituents is 1. The molecule has 0 spiro atoms. The van der Waals surface area contributed by atoms with Crippen molar-refractivity contribution in [1.82, 2.24) is 10.2 Å². The van der Waals surface area contributed by atoms with Gasteiger partial charge in [0.25, 0.3) is 0 Å². The van der Waals surface area contributed by atoms with Gasteiger partial charge in [-0.05, 0) is 76.4 Å². The number of aromatic hydroxyl groups is 1. The van der Waals surface area contributed by atoms with E-state index < -0.39 is 0 Å². The molecule has 1 aliphatic heterocycles. The zero-order valence-corrected chi connectivity index (χ0v) is 13.9. The lowest BCUT2D eigenvalue weighted by Gasteiger charge is -2.22. The van der Waals surface area contributed by atoms with Gasteiger partial charge in [-0.1, -0.05) is 6.07 Å². The standard InChI is InChI=1S/C18H30N2O2/c1-14-10-16(18(22)11-15(14)2)12-19-7-3-4-8-20-9-5-6-17(20)13-21/h10-11,17,19,21-22H,3-9,12-13H2,1-2H3. The quantitative estimate of drug-likeness (QED) is 0.645. The molecule has 4 nitrogen and oxygen atoms in total. The maximum absolute atomic E-state index is 9.95. The Morgan fingerprint density at radius 2 is 2.00 bits per heavy atom. The average Bonchev–Trinajstić information content (AvgIpc) is 2.95. The summed E-state index contributed by atoms with van der Waals surface area (Å²) in [6.45, 7) is 8.29. The van der Waals surface area contributed by atoms with Gasteiger partial charge in [-0.2, -0.15) is 0 Å². The van der Waals surface area contributed by atoms with Crippen molar-refractivity contribution in [3.63, 3.8) is 0 Å². The number of benzene rings is 1. The first-order valence-electron chi connectivity index (χ1n) is 8.46. The third kappa shape index (κ3) is 4.70. The van der Waals surface area contributed by atoms with Gasteiger partial charge in [0.05, 0.1) is 6.61 Å². The molecular formula is C18H30N2O2. The first kappa shape index (κ1) is 17.3. The molecule has 0 amide bonds. The Hall–Kier alpha value is -1.10. The monoisotopic (exact) mass is 306 g/mol. The largest absolute Gasteiger partial charge is 0.508 e. The zero-order valence-electron chi connectivity index (χ0n) is 13.9. The molecule has 1 aliphatic rings. The van der Waals surface area contributed by atoms with E-state index in [2.05, 4.69) is 23.2 Å². The number of phenols is 1. The fourth-order valence-corrected chi connectivity index (χ4v) is 3.19. The van der Waals surface area contributed by atoms with Crippen molar-refractivity contribution in [3.8, 4) is 5.75 Å². The van der Waals surface area contributed by atoms with E-state index in [1.54, 1.807) is 0 Å². The van der Waals surface area contributed by atoms with Gasteiger partial charge in [0.15, 0.2) is 0 Å². The van der Waals surface area contributed by atoms with E-state index in [1.165, 1.54) is 12.0 Å². The molecule has 1 fully saturated rings. The van der Waals surface area contributed by atoms with E-state index in [9.17, 15) is 10.2 Å². The molecule has 1 atom stereocenters. The maximum Gasteiger partial charge on any atom is 0.120 e. The summed E-state index contributed by atoms with van der Waals surface area (Å²) in [5, 5.41) is 22.7. The second-order valence-corrected chi connectivity index (χ2v) is 6.46. The lowest BCUT2D eigenvalue weighted by atomic mass is 10.1. The number of rotatable bonds is 8. The molecule has 3 N–H and O–H groups in total. The van der Waals surface area contributed by atoms with Crippen LogP contribution in [0.25, 0.3) is 0 Å². The number of nitrogens with one attached hydrogen (secondary N) is 1. The molecule has 1 aromatic rings. The summed E-state index contributed by atoms with van der Waals surface area (Å²) in [6, 6.07) is 4.29. The molecule has 0 bridgehead atoms. The van der Waals surface area contributed by atoms with Crippen LogP contribution in [0.1, 0.15) is 42.4 Å². The minimum atomic E-state index is 0.296. The van der Waals surface area contributed by atoms with Crippen LogP contribution in [0.15, 0.2) is 12.1 Å². The number of aliphatic hydroxyl groups excluding tert-OH is 1. The predicted molar refractivity (Wildman–Crippen MR) is 90.2 cm³/mol. The molecular weight excluding hydrogens is 276 g/mol. The second kappa shape index (κ2) is 8.51. The summed E-state index contributed by atoms with van der Waals surface area (Å²) in [5.41, 5.74) is 3.33. The van der Waals surface area contributed by atoms with Gasteiger partial charge >= 0.3 is 0 Å². The lowest BCUT2D eigenvalue weighted by Crippen LogP contribution is -2.33. The van der Waals surface area contributed by atoms with Gasteiger partial charge in [-0.15, -0.1) is 0 Å². The summed E-state index contributed by atoms with van der Waals surface area (Å²) in [4.78, 5) is 2.41. The Morgan fingerprint density at radius 3 is 2.77 bits per heavy atom. The topological polar surface area (TPSA) is 55.7 Å². The van der Waals surface area contributed by atoms with Crippen LogP contribution in [-0.4, -0.2) is 47.4 Å². The smallest absolute Gasteiger partial charge is 0.120 e. The SMILES string of the molecule is Cc1cc(O)c(CNCCCCN2CCCC2CO)cc1C. The zero-order chi connectivity index (χ0) is 15.9. The highest BCUT2D eigenvalue weighted by molar-refractivity contribution is 5.40. The van der Waals surface area contributed by atoms with Crippen molar-refractivity contribution in [2.45, 2.75) is 52.1 Å². The molecule has 0 radical (unpaired) electrons. The molecule has 4 heteroatoms. The van der Waals surface area contributed by atoms with Crippen molar-refractivity contribution in [2.24, 2.45) is 0 Å². The summed E-state index contributed by atoms with van der Waals surface area (Å²) in [6.07, 6.45) is 4.64. The highest BCUT2D eigenvalue weighted by Gasteiger charge is 2.22. The second-order valence-electron chi connectivity index (χ2n) is 6.46. The lowest BCUT2D eigenvalue weighted by molar-refractivity contribution is 0.157. The highest BCUT2D eigenvalue weighted by Crippen LogP contribution is 2.21. The van der Waals surface area contributed by atoms with Crippen LogP contribution in [0.2, 0.25) is 0 Å². The van der Waals surface area contributed by atoms with Crippen LogP contribution in [-0.2, 0) is 6.54 Å². The van der Waals surface area contributed by atoms with Gasteiger partial charge in [-0.25, -0.2) is 0 Å². The van der Waals surface area contributed by atoms with Gasteiger partial charge in [0, 0.05) is 18.2 Å². The third-order valence-electron chi connectivity index (χ3n) is 4.77. The van der Waals surface area contributed by atoms with Gasteiger partial charge in [-0.3, -0.25) is 4.90 Å². The van der Waals surface area contributed by atoms with Gasteiger partial charge in [0.1, 0.15) is 5.75 Å². The Bertz CT molecular complexity index is 476. The molecule has 1 aromatic carbocycles. The molecule has 124 valence electrons. The van der Waals surface area contributed by atoms with E-state index >= 15 is 0 Å². The number of hydrogen-bond donors (Lipinski definition) is 3. The molecule has 1 unspecified atom stereocenters. The molecule has 1 saturated heterocycles. The number of likely N-dealkylation sites (tertiary alicyclic amines) is 1. The summed E-state index contributed by atoms with van der Waals surface area (Å²) in [7, 11) is 0. The predicted octanol–water partition coefficient (Wildman–Crippen LogP) is 2.34. The minimum absolute atomic E-state index is 0.296. The highest BCUT2D eigenvalue weighted by atomic mass is 16.3. The van der Waals surface area contributed by atoms with Gasteiger partial charge in [0.2, 0.25) is 0 Å². The molecule has 0 saturated carbocycles. The van der Waals surface area contributed by atoms with Crippen LogP contribution in [0.5, 0.6) is 5.75 Å². The number of aliphatic hydroxyl groups is 1. The number of aryl methyl sites for hydroxylation is 2. The van der Waals surface area contributed by atoms with E-state index in [4.69, 9.17) is 0 Å². The van der Waals surface area contributed by atoms with Crippen molar-refractivity contribution in [2.75, 3.05) is 26.2 Å². The van der Waals surface area contributed by atoms with Crippen LogP contribution in [0.3, 0.4) is 0 Å². The van der Waals surface area contributed by atoms with E-state index in [-0.39, 0.29) is 0 Å². The van der Waals surface area contributed by atoms with E-state index in [0.717, 1.165) is 56.6 Å². The normalized spacial score (nSPS) is 19.0. The minimum Gasteiger partial charge on any atom is -0.508 e. The Kier molecular flexibility index (Phi) is 6.68. The Balaban J connectivity index is 1.62. The molecule has 1 heterocycles. The molecule has 22 heavy (non-hydrogen) atoms. The van der Waals surface area contributed by atoms with Gasteiger partial charge < -0.3 is 15.5 Å². The summed E-state index contributed by atoms with van der Waals surface area (Å²) in [5.74, 6) is 0.387. The van der Waals surface area contributed by atoms with Crippen LogP contribution in [0.4, 0.5) is 0 Å². The van der Waals surface area contributed by atoms with Crippen molar-refractivity contribution in [1.29, 1.82) is 0 Å².